The number of rotatable bonds is 0. The molecular formula is C5H8O2. The summed E-state index contributed by atoms with van der Waals surface area (Å²) in [6.45, 7) is 1.68. The second-order valence-corrected chi connectivity index (χ2v) is 2.15. The first kappa shape index (κ1) is 3.87. The lowest BCUT2D eigenvalue weighted by molar-refractivity contribution is -0.0376. The fourth-order valence-electron chi connectivity index (χ4n) is 1.15. The zero-order valence-electron chi connectivity index (χ0n) is 4.09. The molecule has 40 valence electrons. The van der Waals surface area contributed by atoms with Gasteiger partial charge < -0.3 is 9.47 Å². The molecule has 2 aliphatic rings. The molecule has 2 aliphatic heterocycles. The summed E-state index contributed by atoms with van der Waals surface area (Å²) in [6.07, 6.45) is 2.04. The molecule has 0 radical (unpaired) electrons. The largest absolute Gasteiger partial charge is 0.373 e. The first-order valence-electron chi connectivity index (χ1n) is 2.68. The highest BCUT2D eigenvalue weighted by molar-refractivity contribution is 4.79. The highest BCUT2D eigenvalue weighted by Crippen LogP contribution is 2.23. The summed E-state index contributed by atoms with van der Waals surface area (Å²) < 4.78 is 10.5. The molecule has 2 saturated heterocycles. The van der Waals surface area contributed by atoms with Crippen LogP contribution in [0, 0.1) is 0 Å². The van der Waals surface area contributed by atoms with Crippen LogP contribution < -0.4 is 0 Å². The van der Waals surface area contributed by atoms with Crippen LogP contribution in [0.3, 0.4) is 0 Å². The first-order valence-corrected chi connectivity index (χ1v) is 2.68. The van der Waals surface area contributed by atoms with Crippen molar-refractivity contribution < 1.29 is 9.47 Å². The maximum atomic E-state index is 5.23. The molecular weight excluding hydrogens is 92.1 g/mol. The zero-order chi connectivity index (χ0) is 4.69. The van der Waals surface area contributed by atoms with E-state index >= 15 is 0 Å². The minimum Gasteiger partial charge on any atom is -0.373 e. The summed E-state index contributed by atoms with van der Waals surface area (Å²) in [6, 6.07) is 0. The molecule has 0 aromatic rings. The fraction of sp³-hybridized carbons (Fsp3) is 1.00. The van der Waals surface area contributed by atoms with Gasteiger partial charge in [0.25, 0.3) is 0 Å². The molecule has 0 spiro atoms. The second kappa shape index (κ2) is 1.20. The van der Waals surface area contributed by atoms with Gasteiger partial charge in [-0.15, -0.1) is 0 Å². The Bertz CT molecular complexity index is 64.1. The van der Waals surface area contributed by atoms with E-state index in [0.29, 0.717) is 12.2 Å². The van der Waals surface area contributed by atoms with Crippen LogP contribution in [0.4, 0.5) is 0 Å². The van der Waals surface area contributed by atoms with Crippen LogP contribution in [-0.2, 0) is 9.47 Å². The molecule has 0 aliphatic carbocycles. The SMILES string of the molecule is C1O[C@@H]2CO[C@H]1C2. The van der Waals surface area contributed by atoms with E-state index in [2.05, 4.69) is 0 Å². The van der Waals surface area contributed by atoms with Gasteiger partial charge >= 0.3 is 0 Å². The molecule has 2 heterocycles. The Morgan fingerprint density at radius 3 is 1.71 bits per heavy atom. The van der Waals surface area contributed by atoms with Gasteiger partial charge in [-0.2, -0.15) is 0 Å². The number of fused-ring (bicyclic) bond motifs is 2. The van der Waals surface area contributed by atoms with Gasteiger partial charge in [0.1, 0.15) is 0 Å². The molecule has 0 aromatic heterocycles. The first-order chi connectivity index (χ1) is 3.45. The molecule has 2 atom stereocenters. The summed E-state index contributed by atoms with van der Waals surface area (Å²) >= 11 is 0. The van der Waals surface area contributed by atoms with Crippen LogP contribution in [0.5, 0.6) is 0 Å². The zero-order valence-corrected chi connectivity index (χ0v) is 4.09. The Hall–Kier alpha value is -0.0800. The van der Waals surface area contributed by atoms with Crippen molar-refractivity contribution >= 4 is 0 Å². The van der Waals surface area contributed by atoms with Crippen LogP contribution in [0.25, 0.3) is 0 Å². The smallest absolute Gasteiger partial charge is 0.0835 e. The van der Waals surface area contributed by atoms with Crippen molar-refractivity contribution in [1.82, 2.24) is 0 Å². The third kappa shape index (κ3) is 0.469. The van der Waals surface area contributed by atoms with Crippen molar-refractivity contribution in [2.45, 2.75) is 18.6 Å². The Morgan fingerprint density at radius 1 is 1.00 bits per heavy atom. The van der Waals surface area contributed by atoms with Crippen molar-refractivity contribution in [3.63, 3.8) is 0 Å². The van der Waals surface area contributed by atoms with Crippen molar-refractivity contribution in [3.05, 3.63) is 0 Å². The Labute approximate surface area is 42.4 Å². The predicted octanol–water partition coefficient (Wildman–Crippen LogP) is 0.174. The third-order valence-corrected chi connectivity index (χ3v) is 1.56. The monoisotopic (exact) mass is 100 g/mol. The van der Waals surface area contributed by atoms with Gasteiger partial charge in [-0.25, -0.2) is 0 Å². The van der Waals surface area contributed by atoms with Crippen molar-refractivity contribution in [1.29, 1.82) is 0 Å². The molecule has 0 unspecified atom stereocenters. The summed E-state index contributed by atoms with van der Waals surface area (Å²) in [5.74, 6) is 0. The quantitative estimate of drug-likeness (QED) is 0.432. The molecule has 2 fully saturated rings. The maximum Gasteiger partial charge on any atom is 0.0835 e. The van der Waals surface area contributed by atoms with Gasteiger partial charge in [0.2, 0.25) is 0 Å². The van der Waals surface area contributed by atoms with E-state index in [1.165, 1.54) is 0 Å². The Kier molecular flexibility index (Phi) is 0.664. The lowest BCUT2D eigenvalue weighted by Gasteiger charge is -2.09. The Morgan fingerprint density at radius 2 is 1.57 bits per heavy atom. The molecule has 0 saturated carbocycles. The number of ether oxygens (including phenoxy) is 2. The van der Waals surface area contributed by atoms with Crippen LogP contribution in [0.15, 0.2) is 0 Å². The van der Waals surface area contributed by atoms with E-state index < -0.39 is 0 Å². The lowest BCUT2D eigenvalue weighted by Crippen LogP contribution is -2.16. The molecule has 2 rings (SSSR count). The minimum absolute atomic E-state index is 0.449. The number of hydrogen-bond donors (Lipinski definition) is 0. The van der Waals surface area contributed by atoms with E-state index in [0.717, 1.165) is 19.6 Å². The summed E-state index contributed by atoms with van der Waals surface area (Å²) in [7, 11) is 0. The van der Waals surface area contributed by atoms with Crippen LogP contribution in [-0.4, -0.2) is 25.4 Å². The van der Waals surface area contributed by atoms with Crippen molar-refractivity contribution in [3.8, 4) is 0 Å². The fourth-order valence-corrected chi connectivity index (χ4v) is 1.15. The molecule has 7 heavy (non-hydrogen) atoms. The predicted molar refractivity (Wildman–Crippen MR) is 24.1 cm³/mol. The molecule has 2 bridgehead atoms. The number of hydrogen-bond acceptors (Lipinski definition) is 2. The van der Waals surface area contributed by atoms with E-state index in [1.54, 1.807) is 0 Å². The highest BCUT2D eigenvalue weighted by Gasteiger charge is 2.32. The van der Waals surface area contributed by atoms with Crippen LogP contribution >= 0.6 is 0 Å². The molecule has 0 N–H and O–H groups in total. The van der Waals surface area contributed by atoms with Crippen molar-refractivity contribution in [2.24, 2.45) is 0 Å². The topological polar surface area (TPSA) is 18.5 Å². The van der Waals surface area contributed by atoms with Gasteiger partial charge in [0, 0.05) is 6.42 Å². The standard InChI is InChI=1S/C5H8O2/c1-4-2-6-5(1)3-7-4/h4-5H,1-3H2/t4-,5-/m0/s1. The van der Waals surface area contributed by atoms with E-state index in [4.69, 9.17) is 9.47 Å². The van der Waals surface area contributed by atoms with E-state index in [-0.39, 0.29) is 0 Å². The van der Waals surface area contributed by atoms with Gasteiger partial charge in [0.05, 0.1) is 25.4 Å². The summed E-state index contributed by atoms with van der Waals surface area (Å²) in [5.41, 5.74) is 0. The molecule has 2 heteroatoms. The maximum absolute atomic E-state index is 5.23. The second-order valence-electron chi connectivity index (χ2n) is 2.15. The molecule has 0 aromatic carbocycles. The van der Waals surface area contributed by atoms with Gasteiger partial charge in [-0.1, -0.05) is 0 Å². The average Bonchev–Trinajstić information content (AvgIpc) is 2.22. The molecule has 0 amide bonds. The molecule has 2 nitrogen and oxygen atoms in total. The van der Waals surface area contributed by atoms with Crippen LogP contribution in [0.2, 0.25) is 0 Å². The Balaban J connectivity index is 2.12. The van der Waals surface area contributed by atoms with Gasteiger partial charge in [0.15, 0.2) is 0 Å². The normalized spacial score (nSPS) is 48.0. The van der Waals surface area contributed by atoms with Crippen molar-refractivity contribution in [2.75, 3.05) is 13.2 Å². The summed E-state index contributed by atoms with van der Waals surface area (Å²) in [4.78, 5) is 0. The third-order valence-electron chi connectivity index (χ3n) is 1.56. The average molecular weight is 100 g/mol. The van der Waals surface area contributed by atoms with Gasteiger partial charge in [-0.3, -0.25) is 0 Å². The van der Waals surface area contributed by atoms with E-state index in [9.17, 15) is 0 Å². The highest BCUT2D eigenvalue weighted by atomic mass is 16.6. The van der Waals surface area contributed by atoms with E-state index in [1.807, 2.05) is 0 Å². The van der Waals surface area contributed by atoms with Crippen LogP contribution in [0.1, 0.15) is 6.42 Å². The lowest BCUT2D eigenvalue weighted by atomic mass is 10.3. The van der Waals surface area contributed by atoms with Gasteiger partial charge in [-0.05, 0) is 0 Å². The minimum atomic E-state index is 0.449. The summed E-state index contributed by atoms with van der Waals surface area (Å²) in [5, 5.41) is 0.